The second kappa shape index (κ2) is 7.35. The molecule has 2 fully saturated rings. The lowest BCUT2D eigenvalue weighted by atomic mass is 9.42. The Hall–Kier alpha value is -1.38. The van der Waals surface area contributed by atoms with Crippen LogP contribution in [0.3, 0.4) is 0 Å². The van der Waals surface area contributed by atoms with Crippen LogP contribution in [0.25, 0.3) is 0 Å². The average Bonchev–Trinajstić information content (AvgIpc) is 2.58. The molecule has 0 amide bonds. The van der Waals surface area contributed by atoms with Gasteiger partial charge < -0.3 is 14.2 Å². The van der Waals surface area contributed by atoms with E-state index >= 15 is 0 Å². The first-order valence-electron chi connectivity index (χ1n) is 12.1. The van der Waals surface area contributed by atoms with Crippen LogP contribution in [0, 0.1) is 22.7 Å². The van der Waals surface area contributed by atoms with Gasteiger partial charge in [0, 0.05) is 29.0 Å². The Morgan fingerprint density at radius 1 is 0.900 bits per heavy atom. The van der Waals surface area contributed by atoms with Crippen LogP contribution in [0.2, 0.25) is 0 Å². The molecule has 0 bridgehead atoms. The standard InChI is InChI=1S/C27H42O3/c1-17(2)29-19-14-20-24(21(15-19)30-18(3)4)27(8)13-10-22-25(5,6)11-9-12-26(22,7)23(27)16-28-20/h14-15,17-18,22-23H,9-13,16H2,1-8H3. The molecule has 4 rings (SSSR count). The van der Waals surface area contributed by atoms with Crippen molar-refractivity contribution in [2.24, 2.45) is 22.7 Å². The molecule has 2 aliphatic carbocycles. The van der Waals surface area contributed by atoms with Gasteiger partial charge in [0.25, 0.3) is 0 Å². The maximum Gasteiger partial charge on any atom is 0.130 e. The summed E-state index contributed by atoms with van der Waals surface area (Å²) in [4.78, 5) is 0. The third-order valence-corrected chi connectivity index (χ3v) is 8.54. The van der Waals surface area contributed by atoms with E-state index in [0.717, 1.165) is 29.8 Å². The number of benzene rings is 1. The Balaban J connectivity index is 1.81. The van der Waals surface area contributed by atoms with Crippen molar-refractivity contribution in [1.82, 2.24) is 0 Å². The van der Waals surface area contributed by atoms with Gasteiger partial charge >= 0.3 is 0 Å². The molecule has 1 aromatic rings. The molecule has 3 heteroatoms. The van der Waals surface area contributed by atoms with E-state index in [-0.39, 0.29) is 17.6 Å². The van der Waals surface area contributed by atoms with E-state index in [2.05, 4.69) is 67.5 Å². The Labute approximate surface area is 183 Å². The molecule has 4 atom stereocenters. The van der Waals surface area contributed by atoms with Crippen LogP contribution in [0.5, 0.6) is 17.2 Å². The monoisotopic (exact) mass is 414 g/mol. The largest absolute Gasteiger partial charge is 0.493 e. The summed E-state index contributed by atoms with van der Waals surface area (Å²) in [6.07, 6.45) is 6.74. The second-order valence-electron chi connectivity index (χ2n) is 11.8. The molecule has 0 saturated heterocycles. The molecule has 1 aromatic carbocycles. The van der Waals surface area contributed by atoms with E-state index in [9.17, 15) is 0 Å². The predicted octanol–water partition coefficient (Wildman–Crippen LogP) is 7.15. The zero-order valence-electron chi connectivity index (χ0n) is 20.4. The highest BCUT2D eigenvalue weighted by Gasteiger charge is 2.61. The van der Waals surface area contributed by atoms with E-state index in [0.29, 0.717) is 16.7 Å². The quantitative estimate of drug-likeness (QED) is 0.523. The number of hydrogen-bond acceptors (Lipinski definition) is 3. The molecule has 0 radical (unpaired) electrons. The highest BCUT2D eigenvalue weighted by molar-refractivity contribution is 5.56. The fraction of sp³-hybridized carbons (Fsp3) is 0.778. The molecule has 1 aliphatic heterocycles. The normalized spacial score (nSPS) is 34.6. The number of ether oxygens (including phenoxy) is 3. The van der Waals surface area contributed by atoms with Gasteiger partial charge in [0.05, 0.1) is 18.8 Å². The Morgan fingerprint density at radius 2 is 1.60 bits per heavy atom. The molecular formula is C27H42O3. The minimum absolute atomic E-state index is 0.0762. The molecule has 3 aliphatic rings. The van der Waals surface area contributed by atoms with Gasteiger partial charge in [-0.25, -0.2) is 0 Å². The van der Waals surface area contributed by atoms with E-state index in [1.54, 1.807) is 0 Å². The van der Waals surface area contributed by atoms with E-state index in [1.165, 1.54) is 37.7 Å². The summed E-state index contributed by atoms with van der Waals surface area (Å²) in [6, 6.07) is 4.21. The first-order valence-corrected chi connectivity index (χ1v) is 12.1. The summed E-state index contributed by atoms with van der Waals surface area (Å²) in [5.41, 5.74) is 2.09. The van der Waals surface area contributed by atoms with Crippen LogP contribution in [0.4, 0.5) is 0 Å². The van der Waals surface area contributed by atoms with Crippen LogP contribution in [-0.2, 0) is 5.41 Å². The van der Waals surface area contributed by atoms with Gasteiger partial charge in [0.15, 0.2) is 0 Å². The summed E-state index contributed by atoms with van der Waals surface area (Å²) >= 11 is 0. The maximum atomic E-state index is 6.52. The summed E-state index contributed by atoms with van der Waals surface area (Å²) in [7, 11) is 0. The van der Waals surface area contributed by atoms with Crippen molar-refractivity contribution in [2.45, 2.75) is 105 Å². The van der Waals surface area contributed by atoms with Gasteiger partial charge in [-0.15, -0.1) is 0 Å². The average molecular weight is 415 g/mol. The van der Waals surface area contributed by atoms with Crippen molar-refractivity contribution >= 4 is 0 Å². The maximum absolute atomic E-state index is 6.52. The Kier molecular flexibility index (Phi) is 5.35. The Bertz CT molecular complexity index is 796. The van der Waals surface area contributed by atoms with Crippen molar-refractivity contribution in [2.75, 3.05) is 6.61 Å². The number of fused-ring (bicyclic) bond motifs is 5. The zero-order valence-corrected chi connectivity index (χ0v) is 20.4. The van der Waals surface area contributed by atoms with Crippen LogP contribution in [-0.4, -0.2) is 18.8 Å². The van der Waals surface area contributed by atoms with E-state index in [1.807, 2.05) is 0 Å². The zero-order chi connectivity index (χ0) is 21.9. The van der Waals surface area contributed by atoms with Crippen molar-refractivity contribution in [3.8, 4) is 17.2 Å². The fourth-order valence-electron chi connectivity index (χ4n) is 7.43. The molecule has 3 nitrogen and oxygen atoms in total. The highest BCUT2D eigenvalue weighted by atomic mass is 16.5. The molecule has 168 valence electrons. The van der Waals surface area contributed by atoms with Gasteiger partial charge in [-0.05, 0) is 70.1 Å². The van der Waals surface area contributed by atoms with Crippen molar-refractivity contribution < 1.29 is 14.2 Å². The third kappa shape index (κ3) is 3.41. The van der Waals surface area contributed by atoms with Gasteiger partial charge in [-0.1, -0.05) is 34.1 Å². The summed E-state index contributed by atoms with van der Waals surface area (Å²) < 4.78 is 19.0. The lowest BCUT2D eigenvalue weighted by Gasteiger charge is -2.63. The summed E-state index contributed by atoms with van der Waals surface area (Å²) in [6.45, 7) is 19.2. The topological polar surface area (TPSA) is 27.7 Å². The molecule has 0 N–H and O–H groups in total. The van der Waals surface area contributed by atoms with Crippen LogP contribution in [0.15, 0.2) is 12.1 Å². The van der Waals surface area contributed by atoms with Crippen LogP contribution < -0.4 is 14.2 Å². The smallest absolute Gasteiger partial charge is 0.130 e. The molecule has 4 unspecified atom stereocenters. The van der Waals surface area contributed by atoms with Gasteiger partial charge in [-0.3, -0.25) is 0 Å². The van der Waals surface area contributed by atoms with Crippen LogP contribution in [0.1, 0.15) is 93.1 Å². The highest BCUT2D eigenvalue weighted by Crippen LogP contribution is 2.67. The first kappa shape index (κ1) is 21.8. The van der Waals surface area contributed by atoms with E-state index < -0.39 is 0 Å². The first-order chi connectivity index (χ1) is 14.0. The SMILES string of the molecule is CC(C)Oc1cc2c(c(OC(C)C)c1)C1(C)CCC3C(C)(C)CCCC3(C)C1CO2. The molecule has 30 heavy (non-hydrogen) atoms. The third-order valence-electron chi connectivity index (χ3n) is 8.54. The van der Waals surface area contributed by atoms with Gasteiger partial charge in [-0.2, -0.15) is 0 Å². The van der Waals surface area contributed by atoms with Crippen molar-refractivity contribution in [3.63, 3.8) is 0 Å². The van der Waals surface area contributed by atoms with Crippen LogP contribution >= 0.6 is 0 Å². The van der Waals surface area contributed by atoms with E-state index in [4.69, 9.17) is 14.2 Å². The minimum Gasteiger partial charge on any atom is -0.493 e. The second-order valence-corrected chi connectivity index (χ2v) is 11.8. The number of rotatable bonds is 4. The lowest BCUT2D eigenvalue weighted by Crippen LogP contribution is -2.59. The summed E-state index contributed by atoms with van der Waals surface area (Å²) in [5.74, 6) is 4.06. The lowest BCUT2D eigenvalue weighted by molar-refractivity contribution is -0.124. The molecule has 0 aromatic heterocycles. The van der Waals surface area contributed by atoms with Gasteiger partial charge in [0.2, 0.25) is 0 Å². The minimum atomic E-state index is 0.0762. The van der Waals surface area contributed by atoms with Crippen molar-refractivity contribution in [3.05, 3.63) is 17.7 Å². The van der Waals surface area contributed by atoms with Crippen molar-refractivity contribution in [1.29, 1.82) is 0 Å². The van der Waals surface area contributed by atoms with Gasteiger partial charge in [0.1, 0.15) is 17.2 Å². The number of hydrogen-bond donors (Lipinski definition) is 0. The Morgan fingerprint density at radius 3 is 2.27 bits per heavy atom. The molecule has 1 heterocycles. The molecular weight excluding hydrogens is 372 g/mol. The fourth-order valence-corrected chi connectivity index (χ4v) is 7.43. The predicted molar refractivity (Wildman–Crippen MR) is 123 cm³/mol. The molecule has 0 spiro atoms. The molecule has 2 saturated carbocycles. The summed E-state index contributed by atoms with van der Waals surface area (Å²) in [5, 5.41) is 0.